The van der Waals surface area contributed by atoms with E-state index in [-0.39, 0.29) is 28.6 Å². The average molecular weight is 592 g/mol. The van der Waals surface area contributed by atoms with Crippen molar-refractivity contribution in [2.45, 2.75) is 56.3 Å². The molecule has 2 aliphatic heterocycles. The molecule has 1 aromatic carbocycles. The highest BCUT2D eigenvalue weighted by molar-refractivity contribution is 7.90. The van der Waals surface area contributed by atoms with Gasteiger partial charge in [0.15, 0.2) is 9.84 Å². The van der Waals surface area contributed by atoms with Crippen LogP contribution in [0.25, 0.3) is 0 Å². The van der Waals surface area contributed by atoms with E-state index in [4.69, 9.17) is 9.90 Å². The van der Waals surface area contributed by atoms with Crippen LogP contribution < -0.4 is 10.2 Å². The molecular formula is C24H29F4N5O6S. The number of carboxylic acids is 1. The van der Waals surface area contributed by atoms with Crippen LogP contribution in [-0.2, 0) is 21.1 Å². The first-order valence-electron chi connectivity index (χ1n) is 12.2. The van der Waals surface area contributed by atoms with E-state index in [9.17, 15) is 35.9 Å². The molecule has 1 saturated heterocycles. The van der Waals surface area contributed by atoms with E-state index in [1.165, 1.54) is 23.4 Å². The highest BCUT2D eigenvalue weighted by atomic mass is 32.2. The fourth-order valence-electron chi connectivity index (χ4n) is 4.68. The number of sulfone groups is 1. The lowest BCUT2D eigenvalue weighted by Crippen LogP contribution is -2.51. The first-order valence-corrected chi connectivity index (χ1v) is 14.1. The highest BCUT2D eigenvalue weighted by Gasteiger charge is 2.38. The monoisotopic (exact) mass is 591 g/mol. The van der Waals surface area contributed by atoms with Crippen LogP contribution in [0.5, 0.6) is 0 Å². The lowest BCUT2D eigenvalue weighted by molar-refractivity contribution is -0.192. The Morgan fingerprint density at radius 3 is 2.33 bits per heavy atom. The summed E-state index contributed by atoms with van der Waals surface area (Å²) in [7, 11) is -3.50. The maximum Gasteiger partial charge on any atom is 0.490 e. The van der Waals surface area contributed by atoms with E-state index >= 15 is 0 Å². The summed E-state index contributed by atoms with van der Waals surface area (Å²) in [6.07, 6.45) is -1.56. The van der Waals surface area contributed by atoms with Crippen LogP contribution in [0.4, 0.5) is 39.7 Å². The number of likely N-dealkylation sites (tertiary alicyclic amines) is 1. The zero-order chi connectivity index (χ0) is 30.0. The highest BCUT2D eigenvalue weighted by Crippen LogP contribution is 2.38. The zero-order valence-electron chi connectivity index (χ0n) is 21.8. The largest absolute Gasteiger partial charge is 0.490 e. The number of aromatic nitrogens is 2. The van der Waals surface area contributed by atoms with Crippen LogP contribution in [-0.4, -0.2) is 83.2 Å². The quantitative estimate of drug-likeness (QED) is 0.436. The topological polar surface area (TPSA) is 153 Å². The molecule has 1 aromatic heterocycles. The van der Waals surface area contributed by atoms with Crippen molar-refractivity contribution < 1.29 is 45.8 Å². The van der Waals surface area contributed by atoms with Gasteiger partial charge in [-0.3, -0.25) is 0 Å². The number of nitrogens with zero attached hydrogens (tertiary/aromatic N) is 4. The van der Waals surface area contributed by atoms with Crippen LogP contribution >= 0.6 is 0 Å². The van der Waals surface area contributed by atoms with Crippen LogP contribution in [0.3, 0.4) is 0 Å². The van der Waals surface area contributed by atoms with Crippen molar-refractivity contribution in [3.05, 3.63) is 35.9 Å². The molecule has 0 radical (unpaired) electrons. The molecule has 40 heavy (non-hydrogen) atoms. The second-order valence-electron chi connectivity index (χ2n) is 9.77. The predicted octanol–water partition coefficient (Wildman–Crippen LogP) is 3.93. The Hall–Kier alpha value is -3.69. The minimum absolute atomic E-state index is 0.0619. The summed E-state index contributed by atoms with van der Waals surface area (Å²) < 4.78 is 70.0. The molecule has 2 unspecified atom stereocenters. The van der Waals surface area contributed by atoms with Gasteiger partial charge in [0.1, 0.15) is 23.8 Å². The number of amides is 1. The van der Waals surface area contributed by atoms with Crippen molar-refractivity contribution in [1.82, 2.24) is 14.9 Å². The number of alkyl halides is 3. The number of benzene rings is 1. The van der Waals surface area contributed by atoms with Gasteiger partial charge in [-0.05, 0) is 43.4 Å². The third-order valence-corrected chi connectivity index (χ3v) is 7.76. The van der Waals surface area contributed by atoms with Crippen LogP contribution in [0, 0.1) is 11.7 Å². The number of anilines is 3. The SMILES string of the molecule is CC(C)C1CC(Nc2ncnc3c2CCN3c2ccc(S(C)(=O)=O)cc2F)CCN1C(=O)O.O=C(O)C(F)(F)F. The molecular weight excluding hydrogens is 562 g/mol. The molecule has 1 fully saturated rings. The molecule has 2 atom stereocenters. The summed E-state index contributed by atoms with van der Waals surface area (Å²) in [5.41, 5.74) is 1.13. The molecule has 1 amide bonds. The van der Waals surface area contributed by atoms with Gasteiger partial charge in [-0.25, -0.2) is 32.4 Å². The van der Waals surface area contributed by atoms with Crippen LogP contribution in [0.1, 0.15) is 32.3 Å². The number of halogens is 4. The summed E-state index contributed by atoms with van der Waals surface area (Å²) in [4.78, 5) is 32.4. The Labute approximate surface area is 227 Å². The third-order valence-electron chi connectivity index (χ3n) is 6.65. The van der Waals surface area contributed by atoms with Gasteiger partial charge in [0.2, 0.25) is 0 Å². The predicted molar refractivity (Wildman–Crippen MR) is 136 cm³/mol. The number of piperidine rings is 1. The van der Waals surface area contributed by atoms with Gasteiger partial charge >= 0.3 is 18.2 Å². The molecule has 11 nitrogen and oxygen atoms in total. The molecule has 0 saturated carbocycles. The minimum atomic E-state index is -5.08. The molecule has 2 aromatic rings. The fourth-order valence-corrected chi connectivity index (χ4v) is 5.32. The van der Waals surface area contributed by atoms with Gasteiger partial charge in [-0.1, -0.05) is 13.8 Å². The number of carbonyl (C=O) groups is 2. The first-order chi connectivity index (χ1) is 18.5. The molecule has 3 N–H and O–H groups in total. The Morgan fingerprint density at radius 1 is 1.15 bits per heavy atom. The molecule has 0 spiro atoms. The van der Waals surface area contributed by atoms with Crippen molar-refractivity contribution in [2.75, 3.05) is 29.6 Å². The Kier molecular flexibility index (Phi) is 9.11. The number of hydrogen-bond donors (Lipinski definition) is 3. The number of carboxylic acid groups (broad SMARTS) is 2. The van der Waals surface area contributed by atoms with Crippen molar-refractivity contribution in [1.29, 1.82) is 0 Å². The van der Waals surface area contributed by atoms with Gasteiger partial charge in [-0.2, -0.15) is 13.2 Å². The standard InChI is InChI=1S/C22H28FN5O4S.C2HF3O2/c1-13(2)19-10-14(6-8-28(19)22(29)30)26-20-16-7-9-27(21(16)25-12-24-20)18-5-4-15(11-17(18)23)33(3,31)32;3-2(4,5)1(6)7/h4-5,11-14,19H,6-10H2,1-3H3,(H,29,30)(H,24,25,26);(H,6,7). The average Bonchev–Trinajstić information content (AvgIpc) is 3.28. The summed E-state index contributed by atoms with van der Waals surface area (Å²) in [6, 6.07) is 3.87. The number of aliphatic carboxylic acids is 1. The first kappa shape index (κ1) is 30.8. The summed E-state index contributed by atoms with van der Waals surface area (Å²) in [6.45, 7) is 4.98. The minimum Gasteiger partial charge on any atom is -0.475 e. The van der Waals surface area contributed by atoms with Gasteiger partial charge < -0.3 is 25.3 Å². The molecule has 0 aliphatic carbocycles. The van der Waals surface area contributed by atoms with Crippen LogP contribution in [0.15, 0.2) is 29.4 Å². The van der Waals surface area contributed by atoms with E-state index in [0.717, 1.165) is 17.9 Å². The lowest BCUT2D eigenvalue weighted by Gasteiger charge is -2.40. The van der Waals surface area contributed by atoms with Crippen molar-refractivity contribution in [2.24, 2.45) is 5.92 Å². The van der Waals surface area contributed by atoms with E-state index in [0.29, 0.717) is 44.0 Å². The van der Waals surface area contributed by atoms with E-state index < -0.39 is 33.9 Å². The van der Waals surface area contributed by atoms with Crippen LogP contribution in [0.2, 0.25) is 0 Å². The second kappa shape index (κ2) is 11.8. The number of hydrogen-bond acceptors (Lipinski definition) is 8. The summed E-state index contributed by atoms with van der Waals surface area (Å²) >= 11 is 0. The smallest absolute Gasteiger partial charge is 0.475 e. The van der Waals surface area contributed by atoms with E-state index in [2.05, 4.69) is 15.3 Å². The van der Waals surface area contributed by atoms with E-state index in [1.54, 1.807) is 4.90 Å². The maximum atomic E-state index is 14.8. The second-order valence-corrected chi connectivity index (χ2v) is 11.8. The molecule has 16 heteroatoms. The fraction of sp³-hybridized carbons (Fsp3) is 0.500. The molecule has 0 bridgehead atoms. The zero-order valence-corrected chi connectivity index (χ0v) is 22.6. The summed E-state index contributed by atoms with van der Waals surface area (Å²) in [5, 5.41) is 20.1. The number of rotatable bonds is 5. The van der Waals surface area contributed by atoms with Crippen molar-refractivity contribution in [3.63, 3.8) is 0 Å². The summed E-state index contributed by atoms with van der Waals surface area (Å²) in [5.74, 6) is -1.93. The molecule has 220 valence electrons. The van der Waals surface area contributed by atoms with Gasteiger partial charge in [-0.15, -0.1) is 0 Å². The lowest BCUT2D eigenvalue weighted by atomic mass is 9.90. The number of fused-ring (bicyclic) bond motifs is 1. The number of nitrogens with one attached hydrogen (secondary N) is 1. The molecule has 3 heterocycles. The van der Waals surface area contributed by atoms with E-state index in [1.807, 2.05) is 13.8 Å². The maximum absolute atomic E-state index is 14.8. The molecule has 2 aliphatic rings. The van der Waals surface area contributed by atoms with Crippen molar-refractivity contribution in [3.8, 4) is 0 Å². The van der Waals surface area contributed by atoms with Gasteiger partial charge in [0.05, 0.1) is 10.6 Å². The third kappa shape index (κ3) is 7.08. The Morgan fingerprint density at radius 2 is 1.80 bits per heavy atom. The van der Waals surface area contributed by atoms with Crippen molar-refractivity contribution >= 4 is 39.2 Å². The van der Waals surface area contributed by atoms with Gasteiger partial charge in [0, 0.05) is 37.0 Å². The Bertz CT molecular complexity index is 1370. The normalized spacial score (nSPS) is 19.1. The van der Waals surface area contributed by atoms with Gasteiger partial charge in [0.25, 0.3) is 0 Å². The Balaban J connectivity index is 0.000000559. The molecule has 4 rings (SSSR count).